The van der Waals surface area contributed by atoms with E-state index >= 15 is 0 Å². The Balaban J connectivity index is 2.26. The molecule has 0 radical (unpaired) electrons. The van der Waals surface area contributed by atoms with Gasteiger partial charge in [0.2, 0.25) is 0 Å². The number of hydrogen-bond donors (Lipinski definition) is 1. The van der Waals surface area contributed by atoms with Gasteiger partial charge in [0.25, 0.3) is 0 Å². The van der Waals surface area contributed by atoms with Gasteiger partial charge in [0.15, 0.2) is 0 Å². The van der Waals surface area contributed by atoms with Crippen LogP contribution >= 0.6 is 11.6 Å². The molecule has 0 bridgehead atoms. The van der Waals surface area contributed by atoms with Crippen molar-refractivity contribution in [1.82, 2.24) is 0 Å². The first-order chi connectivity index (χ1) is 12.6. The van der Waals surface area contributed by atoms with Crippen LogP contribution in [-0.2, 0) is 0 Å². The highest BCUT2D eigenvalue weighted by atomic mass is 35.5. The number of allylic oxidation sites excluding steroid dienone is 2. The van der Waals surface area contributed by atoms with Gasteiger partial charge in [-0.3, -0.25) is 0 Å². The normalized spacial score (nSPS) is 14.7. The number of aryl methyl sites for hydroxylation is 1. The molecule has 26 heavy (non-hydrogen) atoms. The average Bonchev–Trinajstić information content (AvgIpc) is 2.59. The molecule has 2 heteroatoms. The van der Waals surface area contributed by atoms with Crippen LogP contribution in [0, 0.1) is 6.92 Å². The Morgan fingerprint density at radius 2 is 1.81 bits per heavy atom. The summed E-state index contributed by atoms with van der Waals surface area (Å²) < 4.78 is 0. The summed E-state index contributed by atoms with van der Waals surface area (Å²) in [6.45, 7) is 4.29. The van der Waals surface area contributed by atoms with Crippen LogP contribution < -0.4 is 0 Å². The Hall–Kier alpha value is -1.99. The Morgan fingerprint density at radius 3 is 2.38 bits per heavy atom. The van der Waals surface area contributed by atoms with E-state index in [-0.39, 0.29) is 0 Å². The summed E-state index contributed by atoms with van der Waals surface area (Å²) >= 11 is 6.20. The Kier molecular flexibility index (Phi) is 6.21. The molecule has 0 spiro atoms. The number of halogens is 1. The number of aliphatic hydroxyl groups excluding tert-OH is 1. The van der Waals surface area contributed by atoms with E-state index in [2.05, 4.69) is 44.2 Å². The first-order valence-corrected chi connectivity index (χ1v) is 9.96. The Morgan fingerprint density at radius 1 is 1.08 bits per heavy atom. The lowest BCUT2D eigenvalue weighted by molar-refractivity contribution is 0.394. The SMILES string of the molecule is CCCC/C(C(O)=C1CCC1)=C(/c1ccccc1)c1ccc(Cl)cc1C. The van der Waals surface area contributed by atoms with Gasteiger partial charge in [0.05, 0.1) is 0 Å². The predicted molar refractivity (Wildman–Crippen MR) is 112 cm³/mol. The predicted octanol–water partition coefficient (Wildman–Crippen LogP) is 7.64. The summed E-state index contributed by atoms with van der Waals surface area (Å²) in [7, 11) is 0. The highest BCUT2D eigenvalue weighted by Crippen LogP contribution is 2.39. The molecule has 1 nitrogen and oxygen atoms in total. The molecule has 1 fully saturated rings. The maximum atomic E-state index is 11.1. The van der Waals surface area contributed by atoms with E-state index in [0.717, 1.165) is 65.0 Å². The van der Waals surface area contributed by atoms with Crippen LogP contribution in [0.1, 0.15) is 62.1 Å². The third kappa shape index (κ3) is 4.04. The highest BCUT2D eigenvalue weighted by molar-refractivity contribution is 6.30. The van der Waals surface area contributed by atoms with E-state index in [1.54, 1.807) is 0 Å². The van der Waals surface area contributed by atoms with Crippen molar-refractivity contribution in [2.75, 3.05) is 0 Å². The van der Waals surface area contributed by atoms with Gasteiger partial charge in [0, 0.05) is 10.6 Å². The molecule has 0 atom stereocenters. The second-order valence-electron chi connectivity index (χ2n) is 7.09. The minimum atomic E-state index is 0.526. The van der Waals surface area contributed by atoms with Crippen molar-refractivity contribution in [3.8, 4) is 0 Å². The van der Waals surface area contributed by atoms with Gasteiger partial charge in [-0.1, -0.05) is 61.3 Å². The zero-order chi connectivity index (χ0) is 18.5. The lowest BCUT2D eigenvalue weighted by atomic mass is 9.83. The number of unbranched alkanes of at least 4 members (excludes halogenated alkanes) is 1. The van der Waals surface area contributed by atoms with Gasteiger partial charge in [-0.15, -0.1) is 0 Å². The molecule has 0 unspecified atom stereocenters. The quantitative estimate of drug-likeness (QED) is 0.521. The van der Waals surface area contributed by atoms with Gasteiger partial charge < -0.3 is 5.11 Å². The topological polar surface area (TPSA) is 20.2 Å². The van der Waals surface area contributed by atoms with Crippen LogP contribution in [-0.4, -0.2) is 5.11 Å². The maximum absolute atomic E-state index is 11.1. The zero-order valence-corrected chi connectivity index (χ0v) is 16.4. The molecule has 1 aliphatic rings. The molecular weight excluding hydrogens is 340 g/mol. The van der Waals surface area contributed by atoms with E-state index in [1.807, 2.05) is 18.2 Å². The monoisotopic (exact) mass is 366 g/mol. The van der Waals surface area contributed by atoms with Crippen LogP contribution in [0.3, 0.4) is 0 Å². The molecule has 0 aliphatic heterocycles. The molecule has 1 N–H and O–H groups in total. The third-order valence-electron chi connectivity index (χ3n) is 5.18. The molecule has 0 heterocycles. The second kappa shape index (κ2) is 8.60. The molecular formula is C24H27ClO. The van der Waals surface area contributed by atoms with Gasteiger partial charge in [-0.2, -0.15) is 0 Å². The lowest BCUT2D eigenvalue weighted by Gasteiger charge is -2.24. The van der Waals surface area contributed by atoms with Gasteiger partial charge >= 0.3 is 0 Å². The van der Waals surface area contributed by atoms with Crippen molar-refractivity contribution in [3.63, 3.8) is 0 Å². The minimum absolute atomic E-state index is 0.526. The van der Waals surface area contributed by atoms with E-state index in [0.29, 0.717) is 5.76 Å². The van der Waals surface area contributed by atoms with E-state index in [9.17, 15) is 5.11 Å². The summed E-state index contributed by atoms with van der Waals surface area (Å²) in [5.74, 6) is 0.526. The highest BCUT2D eigenvalue weighted by Gasteiger charge is 2.22. The van der Waals surface area contributed by atoms with Crippen LogP contribution in [0.15, 0.2) is 65.4 Å². The smallest absolute Gasteiger partial charge is 0.118 e. The second-order valence-corrected chi connectivity index (χ2v) is 7.52. The fourth-order valence-electron chi connectivity index (χ4n) is 3.52. The minimum Gasteiger partial charge on any atom is -0.508 e. The summed E-state index contributed by atoms with van der Waals surface area (Å²) in [5.41, 5.74) is 6.87. The van der Waals surface area contributed by atoms with Crippen LogP contribution in [0.2, 0.25) is 5.02 Å². The van der Waals surface area contributed by atoms with Gasteiger partial charge in [0.1, 0.15) is 5.76 Å². The van der Waals surface area contributed by atoms with Crippen molar-refractivity contribution >= 4 is 17.2 Å². The number of rotatable bonds is 6. The summed E-state index contributed by atoms with van der Waals surface area (Å²) in [5, 5.41) is 11.8. The number of benzene rings is 2. The van der Waals surface area contributed by atoms with E-state index in [4.69, 9.17) is 11.6 Å². The molecule has 2 aromatic carbocycles. The van der Waals surface area contributed by atoms with Crippen LogP contribution in [0.25, 0.3) is 5.57 Å². The van der Waals surface area contributed by atoms with Crippen molar-refractivity contribution in [1.29, 1.82) is 0 Å². The molecule has 1 saturated carbocycles. The fourth-order valence-corrected chi connectivity index (χ4v) is 3.75. The van der Waals surface area contributed by atoms with Crippen molar-refractivity contribution in [2.45, 2.75) is 52.4 Å². The van der Waals surface area contributed by atoms with Crippen LogP contribution in [0.4, 0.5) is 0 Å². The first-order valence-electron chi connectivity index (χ1n) is 9.58. The van der Waals surface area contributed by atoms with E-state index < -0.39 is 0 Å². The van der Waals surface area contributed by atoms with Crippen molar-refractivity contribution in [3.05, 3.63) is 87.1 Å². The molecule has 1 aliphatic carbocycles. The zero-order valence-electron chi connectivity index (χ0n) is 15.7. The lowest BCUT2D eigenvalue weighted by Crippen LogP contribution is -2.07. The number of aliphatic hydroxyl groups is 1. The van der Waals surface area contributed by atoms with Crippen LogP contribution in [0.5, 0.6) is 0 Å². The maximum Gasteiger partial charge on any atom is 0.118 e. The molecule has 0 amide bonds. The average molecular weight is 367 g/mol. The molecule has 136 valence electrons. The molecule has 3 rings (SSSR count). The Bertz CT molecular complexity index is 825. The third-order valence-corrected chi connectivity index (χ3v) is 5.42. The van der Waals surface area contributed by atoms with Gasteiger partial charge in [-0.05, 0) is 79.0 Å². The summed E-state index contributed by atoms with van der Waals surface area (Å²) in [6.07, 6.45) is 6.27. The van der Waals surface area contributed by atoms with Crippen molar-refractivity contribution in [2.24, 2.45) is 0 Å². The molecule has 0 saturated heterocycles. The number of hydrogen-bond acceptors (Lipinski definition) is 1. The molecule has 0 aromatic heterocycles. The summed E-state index contributed by atoms with van der Waals surface area (Å²) in [4.78, 5) is 0. The summed E-state index contributed by atoms with van der Waals surface area (Å²) in [6, 6.07) is 16.5. The largest absolute Gasteiger partial charge is 0.508 e. The Labute approximate surface area is 162 Å². The van der Waals surface area contributed by atoms with Gasteiger partial charge in [-0.25, -0.2) is 0 Å². The standard InChI is InChI=1S/C24H27ClO/c1-3-4-13-22(24(26)19-11-8-12-19)23(18-9-6-5-7-10-18)21-15-14-20(25)16-17(21)2/h5-7,9-10,14-16,26H,3-4,8,11-13H2,1-2H3/b23-22+. The first kappa shape index (κ1) is 18.8. The molecule has 2 aromatic rings. The van der Waals surface area contributed by atoms with Crippen molar-refractivity contribution < 1.29 is 5.11 Å². The van der Waals surface area contributed by atoms with E-state index in [1.165, 1.54) is 12.0 Å². The fraction of sp³-hybridized carbons (Fsp3) is 0.333.